The van der Waals surface area contributed by atoms with Crippen molar-refractivity contribution >= 4 is 0 Å². The van der Waals surface area contributed by atoms with Crippen molar-refractivity contribution in [2.75, 3.05) is 0 Å². The molecule has 0 aliphatic rings. The van der Waals surface area contributed by atoms with Crippen molar-refractivity contribution in [1.29, 1.82) is 0 Å². The Morgan fingerprint density at radius 1 is 0.889 bits per heavy atom. The zero-order chi connectivity index (χ0) is 12.1. The maximum absolute atomic E-state index is 5.39. The maximum atomic E-state index is 5.39. The van der Waals surface area contributed by atoms with Gasteiger partial charge in [0.15, 0.2) is 0 Å². The first-order valence-electron chi connectivity index (χ1n) is 5.99. The molecule has 0 amide bonds. The average molecular weight is 310 g/mol. The summed E-state index contributed by atoms with van der Waals surface area (Å²) < 4.78 is 0. The van der Waals surface area contributed by atoms with E-state index >= 15 is 0 Å². The molecule has 1 heteroatoms. The number of benzene rings is 2. The summed E-state index contributed by atoms with van der Waals surface area (Å²) in [6.07, 6.45) is 3.67. The van der Waals surface area contributed by atoms with Gasteiger partial charge in [-0.3, -0.25) is 6.08 Å². The normalized spacial score (nSPS) is 9.61. The fourth-order valence-electron chi connectivity index (χ4n) is 1.86. The quantitative estimate of drug-likeness (QED) is 0.725. The number of hydrogen-bond donors (Lipinski definition) is 0. The standard InChI is InChI=1S/C17H17.Y/c1-3-4-5-15-8-12-17(13-9-15)16-10-6-14(2)7-11-16;/h1,3,6-13H,4-5H2,2H3;/q-1;. The second kappa shape index (κ2) is 7.66. The number of aryl methyl sites for hydroxylation is 2. The second-order valence-electron chi connectivity index (χ2n) is 4.34. The van der Waals surface area contributed by atoms with Crippen molar-refractivity contribution in [3.8, 4) is 11.1 Å². The molecule has 0 saturated heterocycles. The van der Waals surface area contributed by atoms with Gasteiger partial charge in [-0.1, -0.05) is 60.5 Å². The van der Waals surface area contributed by atoms with Crippen LogP contribution < -0.4 is 0 Å². The van der Waals surface area contributed by atoms with E-state index in [0.29, 0.717) is 0 Å². The Morgan fingerprint density at radius 3 is 1.89 bits per heavy atom. The zero-order valence-corrected chi connectivity index (χ0v) is 13.6. The third-order valence-electron chi connectivity index (χ3n) is 2.94. The Bertz CT molecular complexity index is 480. The van der Waals surface area contributed by atoms with Crippen LogP contribution in [0.25, 0.3) is 11.1 Å². The van der Waals surface area contributed by atoms with Gasteiger partial charge in [0.2, 0.25) is 0 Å². The van der Waals surface area contributed by atoms with Crippen LogP contribution in [-0.2, 0) is 39.1 Å². The van der Waals surface area contributed by atoms with Crippen molar-refractivity contribution < 1.29 is 32.7 Å². The second-order valence-corrected chi connectivity index (χ2v) is 4.34. The van der Waals surface area contributed by atoms with Gasteiger partial charge < -0.3 is 6.58 Å². The predicted octanol–water partition coefficient (Wildman–Crippen LogP) is 4.58. The van der Waals surface area contributed by atoms with Crippen LogP contribution in [0.5, 0.6) is 0 Å². The van der Waals surface area contributed by atoms with Gasteiger partial charge >= 0.3 is 0 Å². The molecule has 0 saturated carbocycles. The fourth-order valence-corrected chi connectivity index (χ4v) is 1.86. The fraction of sp³-hybridized carbons (Fsp3) is 0.176. The maximum Gasteiger partial charge on any atom is 0 e. The summed E-state index contributed by atoms with van der Waals surface area (Å²) in [5.74, 6) is 0. The SMILES string of the molecule is [CH-]=CCCc1ccc(-c2ccc(C)cc2)cc1.[Y]. The molecule has 0 heterocycles. The Labute approximate surface area is 135 Å². The predicted molar refractivity (Wildman–Crippen MR) is 73.8 cm³/mol. The Hall–Kier alpha value is -0.716. The van der Waals surface area contributed by atoms with Crippen molar-refractivity contribution in [3.05, 3.63) is 72.3 Å². The van der Waals surface area contributed by atoms with E-state index in [0.717, 1.165) is 12.8 Å². The van der Waals surface area contributed by atoms with Crippen LogP contribution >= 0.6 is 0 Å². The molecule has 89 valence electrons. The largest absolute Gasteiger partial charge is 0.518 e. The molecule has 1 radical (unpaired) electrons. The van der Waals surface area contributed by atoms with Gasteiger partial charge in [-0.15, -0.1) is 0 Å². The number of rotatable bonds is 4. The smallest absolute Gasteiger partial charge is 0 e. The van der Waals surface area contributed by atoms with Gasteiger partial charge in [-0.05, 0) is 30.0 Å². The summed E-state index contributed by atoms with van der Waals surface area (Å²) in [5, 5.41) is 0. The third-order valence-corrected chi connectivity index (χ3v) is 2.94. The molecule has 0 bridgehead atoms. The summed E-state index contributed by atoms with van der Waals surface area (Å²) in [7, 11) is 0. The zero-order valence-electron chi connectivity index (χ0n) is 10.8. The van der Waals surface area contributed by atoms with E-state index in [9.17, 15) is 0 Å². The summed E-state index contributed by atoms with van der Waals surface area (Å²) in [6.45, 7) is 7.49. The van der Waals surface area contributed by atoms with Crippen LogP contribution in [0.15, 0.2) is 54.6 Å². The summed E-state index contributed by atoms with van der Waals surface area (Å²) >= 11 is 0. The summed E-state index contributed by atoms with van der Waals surface area (Å²) in [4.78, 5) is 0. The van der Waals surface area contributed by atoms with Gasteiger partial charge in [0.1, 0.15) is 0 Å². The minimum absolute atomic E-state index is 0. The van der Waals surface area contributed by atoms with E-state index in [-0.39, 0.29) is 32.7 Å². The van der Waals surface area contributed by atoms with E-state index in [2.05, 4.69) is 55.5 Å². The molecule has 0 aromatic heterocycles. The first kappa shape index (κ1) is 15.3. The molecule has 0 aliphatic carbocycles. The first-order chi connectivity index (χ1) is 8.29. The van der Waals surface area contributed by atoms with E-state index in [1.165, 1.54) is 22.3 Å². The van der Waals surface area contributed by atoms with Crippen molar-refractivity contribution in [2.45, 2.75) is 19.8 Å². The molecule has 0 spiro atoms. The summed E-state index contributed by atoms with van der Waals surface area (Å²) in [6, 6.07) is 17.3. The third kappa shape index (κ3) is 4.19. The van der Waals surface area contributed by atoms with Crippen LogP contribution in [0.4, 0.5) is 0 Å². The van der Waals surface area contributed by atoms with Crippen LogP contribution in [0.2, 0.25) is 0 Å². The summed E-state index contributed by atoms with van der Waals surface area (Å²) in [5.41, 5.74) is 5.17. The molecule has 0 fully saturated rings. The molecule has 0 nitrogen and oxygen atoms in total. The van der Waals surface area contributed by atoms with Crippen LogP contribution in [-0.4, -0.2) is 0 Å². The van der Waals surface area contributed by atoms with E-state index in [4.69, 9.17) is 6.58 Å². The Balaban J connectivity index is 0.00000162. The van der Waals surface area contributed by atoms with Crippen molar-refractivity contribution in [2.24, 2.45) is 0 Å². The molecule has 2 rings (SSSR count). The van der Waals surface area contributed by atoms with Crippen LogP contribution in [0.1, 0.15) is 17.5 Å². The molecule has 18 heavy (non-hydrogen) atoms. The first-order valence-corrected chi connectivity index (χ1v) is 5.99. The van der Waals surface area contributed by atoms with Gasteiger partial charge in [0.25, 0.3) is 0 Å². The molecule has 2 aromatic carbocycles. The topological polar surface area (TPSA) is 0 Å². The van der Waals surface area contributed by atoms with Gasteiger partial charge in [-0.25, -0.2) is 0 Å². The molecular weight excluding hydrogens is 293 g/mol. The molecule has 0 unspecified atom stereocenters. The minimum atomic E-state index is 0. The van der Waals surface area contributed by atoms with Crippen LogP contribution in [0, 0.1) is 13.5 Å². The monoisotopic (exact) mass is 310 g/mol. The number of hydrogen-bond acceptors (Lipinski definition) is 0. The van der Waals surface area contributed by atoms with Crippen molar-refractivity contribution in [3.63, 3.8) is 0 Å². The minimum Gasteiger partial charge on any atom is -0.518 e. The molecule has 0 atom stereocenters. The van der Waals surface area contributed by atoms with Crippen molar-refractivity contribution in [1.82, 2.24) is 0 Å². The number of allylic oxidation sites excluding steroid dienone is 1. The molecular formula is C17H17Y-. The molecule has 0 N–H and O–H groups in total. The van der Waals surface area contributed by atoms with Gasteiger partial charge in [0, 0.05) is 32.7 Å². The Morgan fingerprint density at radius 2 is 1.39 bits per heavy atom. The van der Waals surface area contributed by atoms with Gasteiger partial charge in [-0.2, -0.15) is 0 Å². The average Bonchev–Trinajstić information content (AvgIpc) is 2.38. The van der Waals surface area contributed by atoms with Gasteiger partial charge in [0.05, 0.1) is 0 Å². The van der Waals surface area contributed by atoms with E-state index in [1.54, 1.807) is 6.08 Å². The Kier molecular flexibility index (Phi) is 6.53. The van der Waals surface area contributed by atoms with E-state index < -0.39 is 0 Å². The molecule has 0 aliphatic heterocycles. The van der Waals surface area contributed by atoms with E-state index in [1.807, 2.05) is 0 Å². The molecule has 2 aromatic rings. The van der Waals surface area contributed by atoms with Crippen LogP contribution in [0.3, 0.4) is 0 Å².